The zero-order chi connectivity index (χ0) is 16.6. The number of carbonyl (C=O) groups is 1. The lowest BCUT2D eigenvalue weighted by molar-refractivity contribution is 0.0996. The highest BCUT2D eigenvalue weighted by Crippen LogP contribution is 2.21. The molecule has 8 heteroatoms. The van der Waals surface area contributed by atoms with E-state index in [1.54, 1.807) is 24.3 Å². The molecule has 2 heterocycles. The maximum atomic E-state index is 12.2. The molecule has 23 heavy (non-hydrogen) atoms. The molecule has 0 radical (unpaired) electrons. The maximum Gasteiger partial charge on any atom is 0.266 e. The summed E-state index contributed by atoms with van der Waals surface area (Å²) >= 11 is 5.99. The second-order valence-corrected chi connectivity index (χ2v) is 5.60. The highest BCUT2D eigenvalue weighted by atomic mass is 35.5. The number of amides is 1. The molecule has 0 bridgehead atoms. The van der Waals surface area contributed by atoms with E-state index in [-0.39, 0.29) is 17.3 Å². The molecule has 5 N–H and O–H groups in total. The fraction of sp³-hybridized carbons (Fsp3) is 0.133. The molecule has 3 aromatic rings. The number of nitrogens with two attached hydrogens (primary N) is 1. The minimum Gasteiger partial charge on any atom is -0.364 e. The summed E-state index contributed by atoms with van der Waals surface area (Å²) in [6.07, 6.45) is 1.34. The predicted octanol–water partition coefficient (Wildman–Crippen LogP) is 2.18. The average Bonchev–Trinajstić information content (AvgIpc) is 2.95. The van der Waals surface area contributed by atoms with Gasteiger partial charge < -0.3 is 21.0 Å². The number of fused-ring (bicyclic) bond motifs is 1. The Kier molecular flexibility index (Phi) is 3.79. The summed E-state index contributed by atoms with van der Waals surface area (Å²) in [4.78, 5) is 32.9. The number of pyridine rings is 1. The predicted molar refractivity (Wildman–Crippen MR) is 88.7 cm³/mol. The van der Waals surface area contributed by atoms with Crippen LogP contribution >= 0.6 is 11.6 Å². The van der Waals surface area contributed by atoms with E-state index >= 15 is 0 Å². The minimum atomic E-state index is -0.601. The number of halogens is 1. The summed E-state index contributed by atoms with van der Waals surface area (Å²) in [5.41, 5.74) is 6.39. The van der Waals surface area contributed by atoms with Crippen molar-refractivity contribution in [3.8, 4) is 0 Å². The van der Waals surface area contributed by atoms with Gasteiger partial charge in [-0.05, 0) is 31.2 Å². The molecule has 1 aromatic carbocycles. The van der Waals surface area contributed by atoms with Crippen molar-refractivity contribution in [1.82, 2.24) is 15.0 Å². The van der Waals surface area contributed by atoms with Crippen molar-refractivity contribution in [2.75, 3.05) is 5.32 Å². The summed E-state index contributed by atoms with van der Waals surface area (Å²) in [5.74, 6) is -0.242. The first-order valence-electron chi connectivity index (χ1n) is 6.88. The van der Waals surface area contributed by atoms with Crippen LogP contribution < -0.4 is 16.6 Å². The Bertz CT molecular complexity index is 946. The molecule has 0 saturated carbocycles. The number of carbonyl (C=O) groups excluding carboxylic acids is 1. The molecule has 0 fully saturated rings. The summed E-state index contributed by atoms with van der Waals surface area (Å²) in [6, 6.07) is 6.69. The van der Waals surface area contributed by atoms with Crippen LogP contribution in [0.4, 0.5) is 5.95 Å². The fourth-order valence-corrected chi connectivity index (χ4v) is 2.50. The second kappa shape index (κ2) is 5.77. The average molecular weight is 332 g/mol. The minimum absolute atomic E-state index is 0.193. The molecule has 2 aromatic heterocycles. The zero-order valence-corrected chi connectivity index (χ0v) is 12.9. The van der Waals surface area contributed by atoms with E-state index < -0.39 is 5.91 Å². The van der Waals surface area contributed by atoms with Gasteiger partial charge in [0.1, 0.15) is 5.69 Å². The number of anilines is 1. The van der Waals surface area contributed by atoms with E-state index in [0.717, 1.165) is 5.39 Å². The van der Waals surface area contributed by atoms with Crippen LogP contribution in [-0.2, 0) is 0 Å². The zero-order valence-electron chi connectivity index (χ0n) is 12.2. The lowest BCUT2D eigenvalue weighted by atomic mass is 10.1. The number of benzene rings is 1. The fourth-order valence-electron chi connectivity index (χ4n) is 2.32. The Morgan fingerprint density at radius 2 is 2.13 bits per heavy atom. The molecule has 1 amide bonds. The van der Waals surface area contributed by atoms with Gasteiger partial charge in [-0.3, -0.25) is 9.59 Å². The van der Waals surface area contributed by atoms with Gasteiger partial charge in [-0.25, -0.2) is 4.98 Å². The van der Waals surface area contributed by atoms with Crippen molar-refractivity contribution in [1.29, 1.82) is 0 Å². The van der Waals surface area contributed by atoms with Crippen LogP contribution in [0, 0.1) is 0 Å². The van der Waals surface area contributed by atoms with Crippen molar-refractivity contribution in [3.05, 3.63) is 57.1 Å². The normalized spacial score (nSPS) is 12.3. The Morgan fingerprint density at radius 3 is 2.83 bits per heavy atom. The molecular formula is C15H14ClN5O2. The van der Waals surface area contributed by atoms with Crippen LogP contribution in [-0.4, -0.2) is 20.9 Å². The van der Waals surface area contributed by atoms with Crippen molar-refractivity contribution in [3.63, 3.8) is 0 Å². The first-order chi connectivity index (χ1) is 10.9. The van der Waals surface area contributed by atoms with E-state index in [0.29, 0.717) is 22.1 Å². The number of hydrogen-bond donors (Lipinski definition) is 4. The molecule has 0 unspecified atom stereocenters. The standard InChI is InChI=1S/C15H14ClN5O2/c1-7(19-15-18-6-12(21-15)13(17)22)10-5-8-4-9(16)2-3-11(8)20-14(10)23/h2-7H,1H3,(H2,17,22)(H,20,23)(H2,18,19,21)/t7-/m1/s1. The SMILES string of the molecule is C[C@@H](Nc1ncc(C(N)=O)[nH]1)c1cc2cc(Cl)ccc2[nH]c1=O. The van der Waals surface area contributed by atoms with Crippen LogP contribution in [0.25, 0.3) is 10.9 Å². The molecule has 1 atom stereocenters. The largest absolute Gasteiger partial charge is 0.364 e. The Balaban J connectivity index is 1.93. The summed E-state index contributed by atoms with van der Waals surface area (Å²) in [5, 5.41) is 4.45. The monoisotopic (exact) mass is 331 g/mol. The molecule has 0 spiro atoms. The van der Waals surface area contributed by atoms with Crippen molar-refractivity contribution < 1.29 is 4.79 Å². The van der Waals surface area contributed by atoms with Gasteiger partial charge in [-0.15, -0.1) is 0 Å². The van der Waals surface area contributed by atoms with Crippen molar-refractivity contribution >= 4 is 34.4 Å². The van der Waals surface area contributed by atoms with Gasteiger partial charge in [0.15, 0.2) is 0 Å². The number of nitrogens with zero attached hydrogens (tertiary/aromatic N) is 1. The quantitative estimate of drug-likeness (QED) is 0.586. The van der Waals surface area contributed by atoms with Gasteiger partial charge >= 0.3 is 0 Å². The van der Waals surface area contributed by atoms with Crippen LogP contribution in [0.1, 0.15) is 29.0 Å². The molecular weight excluding hydrogens is 318 g/mol. The van der Waals surface area contributed by atoms with Gasteiger partial charge in [0.2, 0.25) is 5.95 Å². The number of H-pyrrole nitrogens is 2. The Morgan fingerprint density at radius 1 is 1.35 bits per heavy atom. The third-order valence-electron chi connectivity index (χ3n) is 3.50. The number of nitrogens with one attached hydrogen (secondary N) is 3. The molecule has 0 aliphatic rings. The Labute approximate surface area is 135 Å². The second-order valence-electron chi connectivity index (χ2n) is 5.16. The smallest absolute Gasteiger partial charge is 0.266 e. The number of rotatable bonds is 4. The summed E-state index contributed by atoms with van der Waals surface area (Å²) in [7, 11) is 0. The maximum absolute atomic E-state index is 12.2. The molecule has 0 aliphatic heterocycles. The molecule has 7 nitrogen and oxygen atoms in total. The summed E-state index contributed by atoms with van der Waals surface area (Å²) < 4.78 is 0. The lowest BCUT2D eigenvalue weighted by Gasteiger charge is -2.13. The number of imidazole rings is 1. The topological polar surface area (TPSA) is 117 Å². The van der Waals surface area contributed by atoms with Gasteiger partial charge in [-0.2, -0.15) is 0 Å². The van der Waals surface area contributed by atoms with E-state index in [9.17, 15) is 9.59 Å². The van der Waals surface area contributed by atoms with Gasteiger partial charge in [0, 0.05) is 21.5 Å². The lowest BCUT2D eigenvalue weighted by Crippen LogP contribution is -2.20. The van der Waals surface area contributed by atoms with Crippen LogP contribution in [0.2, 0.25) is 5.02 Å². The number of aromatic nitrogens is 3. The molecule has 118 valence electrons. The van der Waals surface area contributed by atoms with Crippen molar-refractivity contribution in [2.45, 2.75) is 13.0 Å². The van der Waals surface area contributed by atoms with Crippen molar-refractivity contribution in [2.24, 2.45) is 5.73 Å². The molecule has 3 rings (SSSR count). The van der Waals surface area contributed by atoms with E-state index in [1.165, 1.54) is 6.20 Å². The Hall–Kier alpha value is -2.80. The van der Waals surface area contributed by atoms with Gasteiger partial charge in [-0.1, -0.05) is 11.6 Å². The number of aromatic amines is 2. The molecule has 0 aliphatic carbocycles. The third-order valence-corrected chi connectivity index (χ3v) is 3.73. The molecule has 0 saturated heterocycles. The van der Waals surface area contributed by atoms with Crippen LogP contribution in [0.15, 0.2) is 35.3 Å². The van der Waals surface area contributed by atoms with Gasteiger partial charge in [0.05, 0.1) is 12.2 Å². The van der Waals surface area contributed by atoms with E-state index in [2.05, 4.69) is 20.3 Å². The van der Waals surface area contributed by atoms with Gasteiger partial charge in [0.25, 0.3) is 11.5 Å². The number of primary amides is 1. The first-order valence-corrected chi connectivity index (χ1v) is 7.25. The highest BCUT2D eigenvalue weighted by Gasteiger charge is 2.13. The third kappa shape index (κ3) is 3.04. The van der Waals surface area contributed by atoms with E-state index in [4.69, 9.17) is 17.3 Å². The van der Waals surface area contributed by atoms with Crippen LogP contribution in [0.5, 0.6) is 0 Å². The van der Waals surface area contributed by atoms with E-state index in [1.807, 2.05) is 6.92 Å². The van der Waals surface area contributed by atoms with Crippen LogP contribution in [0.3, 0.4) is 0 Å². The number of hydrogen-bond acceptors (Lipinski definition) is 4. The first kappa shape index (κ1) is 15.1. The highest BCUT2D eigenvalue weighted by molar-refractivity contribution is 6.31. The summed E-state index contributed by atoms with van der Waals surface area (Å²) in [6.45, 7) is 1.81.